The molecule has 98 valence electrons. The fourth-order valence-electron chi connectivity index (χ4n) is 1.65. The highest BCUT2D eigenvalue weighted by atomic mass is 79.9. The summed E-state index contributed by atoms with van der Waals surface area (Å²) in [7, 11) is 0. The SMILES string of the molecule is Cc1cc(F)ccc1NC(=O)c1cc(Cl)cc(Br)c1. The average molecular weight is 343 g/mol. The van der Waals surface area contributed by atoms with Gasteiger partial charge in [-0.3, -0.25) is 4.79 Å². The maximum atomic E-state index is 13.0. The molecule has 0 saturated carbocycles. The van der Waals surface area contributed by atoms with Crippen LogP contribution in [0.1, 0.15) is 15.9 Å². The highest BCUT2D eigenvalue weighted by Gasteiger charge is 2.09. The lowest BCUT2D eigenvalue weighted by molar-refractivity contribution is 0.102. The number of nitrogens with one attached hydrogen (secondary N) is 1. The minimum absolute atomic E-state index is 0.294. The molecule has 19 heavy (non-hydrogen) atoms. The van der Waals surface area contributed by atoms with Crippen LogP contribution in [0.5, 0.6) is 0 Å². The molecule has 0 aliphatic rings. The Morgan fingerprint density at radius 3 is 2.63 bits per heavy atom. The van der Waals surface area contributed by atoms with Crippen LogP contribution in [0.3, 0.4) is 0 Å². The third-order valence-electron chi connectivity index (χ3n) is 2.56. The molecule has 0 aromatic heterocycles. The number of anilines is 1. The zero-order chi connectivity index (χ0) is 14.0. The Morgan fingerprint density at radius 2 is 2.00 bits per heavy atom. The Bertz CT molecular complexity index is 625. The van der Waals surface area contributed by atoms with Crippen LogP contribution in [-0.4, -0.2) is 5.91 Å². The van der Waals surface area contributed by atoms with Crippen LogP contribution in [0.2, 0.25) is 5.02 Å². The van der Waals surface area contributed by atoms with Gasteiger partial charge in [0.05, 0.1) is 0 Å². The lowest BCUT2D eigenvalue weighted by Crippen LogP contribution is -2.12. The van der Waals surface area contributed by atoms with E-state index in [-0.39, 0.29) is 11.7 Å². The van der Waals surface area contributed by atoms with Gasteiger partial charge in [-0.1, -0.05) is 27.5 Å². The summed E-state index contributed by atoms with van der Waals surface area (Å²) < 4.78 is 13.7. The van der Waals surface area contributed by atoms with Crippen molar-refractivity contribution in [3.05, 3.63) is 62.8 Å². The van der Waals surface area contributed by atoms with Gasteiger partial charge >= 0.3 is 0 Å². The summed E-state index contributed by atoms with van der Waals surface area (Å²) in [5.41, 5.74) is 1.67. The maximum absolute atomic E-state index is 13.0. The van der Waals surface area contributed by atoms with Gasteiger partial charge in [0.1, 0.15) is 5.82 Å². The van der Waals surface area contributed by atoms with Crippen LogP contribution < -0.4 is 5.32 Å². The van der Waals surface area contributed by atoms with E-state index in [1.54, 1.807) is 25.1 Å². The lowest BCUT2D eigenvalue weighted by atomic mass is 10.1. The minimum Gasteiger partial charge on any atom is -0.322 e. The molecule has 1 N–H and O–H groups in total. The zero-order valence-corrected chi connectivity index (χ0v) is 12.3. The number of aryl methyl sites for hydroxylation is 1. The molecule has 0 fully saturated rings. The smallest absolute Gasteiger partial charge is 0.255 e. The van der Waals surface area contributed by atoms with Crippen molar-refractivity contribution in [2.45, 2.75) is 6.92 Å². The highest BCUT2D eigenvalue weighted by Crippen LogP contribution is 2.21. The summed E-state index contributed by atoms with van der Waals surface area (Å²) in [6, 6.07) is 9.13. The molecule has 0 heterocycles. The third kappa shape index (κ3) is 3.55. The summed E-state index contributed by atoms with van der Waals surface area (Å²) in [6.07, 6.45) is 0. The van der Waals surface area contributed by atoms with Crippen molar-refractivity contribution in [2.75, 3.05) is 5.32 Å². The van der Waals surface area contributed by atoms with Gasteiger partial charge in [-0.15, -0.1) is 0 Å². The predicted octanol–water partition coefficient (Wildman–Crippen LogP) is 4.80. The Hall–Kier alpha value is -1.39. The summed E-state index contributed by atoms with van der Waals surface area (Å²) >= 11 is 9.17. The summed E-state index contributed by atoms with van der Waals surface area (Å²) in [5.74, 6) is -0.626. The number of benzene rings is 2. The van der Waals surface area contributed by atoms with Crippen molar-refractivity contribution >= 4 is 39.1 Å². The number of hydrogen-bond acceptors (Lipinski definition) is 1. The molecular formula is C14H10BrClFNO. The Morgan fingerprint density at radius 1 is 1.26 bits per heavy atom. The molecule has 0 atom stereocenters. The first-order valence-corrected chi connectivity index (χ1v) is 6.66. The molecule has 0 unspecified atom stereocenters. The van der Waals surface area contributed by atoms with Gasteiger partial charge in [-0.05, 0) is 48.9 Å². The van der Waals surface area contributed by atoms with Crippen molar-refractivity contribution in [3.63, 3.8) is 0 Å². The van der Waals surface area contributed by atoms with E-state index in [1.165, 1.54) is 18.2 Å². The topological polar surface area (TPSA) is 29.1 Å². The van der Waals surface area contributed by atoms with Crippen LogP contribution in [0.4, 0.5) is 10.1 Å². The van der Waals surface area contributed by atoms with Gasteiger partial charge < -0.3 is 5.32 Å². The van der Waals surface area contributed by atoms with Crippen molar-refractivity contribution in [3.8, 4) is 0 Å². The second-order valence-electron chi connectivity index (χ2n) is 4.07. The minimum atomic E-state index is -0.332. The van der Waals surface area contributed by atoms with Crippen molar-refractivity contribution in [2.24, 2.45) is 0 Å². The van der Waals surface area contributed by atoms with E-state index in [0.29, 0.717) is 21.8 Å². The van der Waals surface area contributed by atoms with E-state index in [4.69, 9.17) is 11.6 Å². The van der Waals surface area contributed by atoms with Gasteiger partial charge in [0, 0.05) is 20.7 Å². The zero-order valence-electron chi connectivity index (χ0n) is 10.0. The molecule has 1 amide bonds. The van der Waals surface area contributed by atoms with Gasteiger partial charge in [-0.2, -0.15) is 0 Å². The van der Waals surface area contributed by atoms with Crippen LogP contribution in [0.15, 0.2) is 40.9 Å². The fourth-order valence-corrected chi connectivity index (χ4v) is 2.51. The monoisotopic (exact) mass is 341 g/mol. The van der Waals surface area contributed by atoms with Crippen molar-refractivity contribution in [1.29, 1.82) is 0 Å². The van der Waals surface area contributed by atoms with E-state index in [1.807, 2.05) is 0 Å². The lowest BCUT2D eigenvalue weighted by Gasteiger charge is -2.09. The van der Waals surface area contributed by atoms with Crippen LogP contribution in [-0.2, 0) is 0 Å². The molecule has 0 radical (unpaired) electrons. The number of hydrogen-bond donors (Lipinski definition) is 1. The molecule has 5 heteroatoms. The quantitative estimate of drug-likeness (QED) is 0.834. The third-order valence-corrected chi connectivity index (χ3v) is 3.24. The van der Waals surface area contributed by atoms with Crippen molar-refractivity contribution < 1.29 is 9.18 Å². The van der Waals surface area contributed by atoms with Gasteiger partial charge in [0.25, 0.3) is 5.91 Å². The van der Waals surface area contributed by atoms with E-state index in [2.05, 4.69) is 21.2 Å². The largest absolute Gasteiger partial charge is 0.322 e. The predicted molar refractivity (Wildman–Crippen MR) is 78.2 cm³/mol. The standard InChI is InChI=1S/C14H10BrClFNO/c1-8-4-12(17)2-3-13(8)18-14(19)9-5-10(15)7-11(16)6-9/h2-7H,1H3,(H,18,19). The molecule has 0 spiro atoms. The molecule has 2 aromatic carbocycles. The van der Waals surface area contributed by atoms with E-state index < -0.39 is 0 Å². The summed E-state index contributed by atoms with van der Waals surface area (Å²) in [4.78, 5) is 12.1. The second-order valence-corrected chi connectivity index (χ2v) is 5.42. The van der Waals surface area contributed by atoms with E-state index in [9.17, 15) is 9.18 Å². The molecule has 0 aliphatic carbocycles. The van der Waals surface area contributed by atoms with Gasteiger partial charge in [0.2, 0.25) is 0 Å². The first-order chi connectivity index (χ1) is 8.95. The fraction of sp³-hybridized carbons (Fsp3) is 0.0714. The van der Waals surface area contributed by atoms with Crippen molar-refractivity contribution in [1.82, 2.24) is 0 Å². The molecular weight excluding hydrogens is 333 g/mol. The number of carbonyl (C=O) groups excluding carboxylic acids is 1. The molecule has 0 bridgehead atoms. The number of halogens is 3. The molecule has 0 saturated heterocycles. The Balaban J connectivity index is 2.25. The first-order valence-electron chi connectivity index (χ1n) is 5.49. The van der Waals surface area contributed by atoms with E-state index >= 15 is 0 Å². The number of rotatable bonds is 2. The number of carbonyl (C=O) groups is 1. The number of amides is 1. The van der Waals surface area contributed by atoms with Crippen LogP contribution in [0.25, 0.3) is 0 Å². The van der Waals surface area contributed by atoms with Gasteiger partial charge in [-0.25, -0.2) is 4.39 Å². The van der Waals surface area contributed by atoms with E-state index in [0.717, 1.165) is 4.47 Å². The Kier molecular flexibility index (Phi) is 4.22. The summed E-state index contributed by atoms with van der Waals surface area (Å²) in [6.45, 7) is 1.73. The average Bonchev–Trinajstić information content (AvgIpc) is 2.31. The summed E-state index contributed by atoms with van der Waals surface area (Å²) in [5, 5.41) is 3.19. The van der Waals surface area contributed by atoms with Crippen LogP contribution >= 0.6 is 27.5 Å². The molecule has 0 aliphatic heterocycles. The maximum Gasteiger partial charge on any atom is 0.255 e. The van der Waals surface area contributed by atoms with Gasteiger partial charge in [0.15, 0.2) is 0 Å². The molecule has 2 nitrogen and oxygen atoms in total. The second kappa shape index (κ2) is 5.72. The normalized spacial score (nSPS) is 10.3. The Labute approximate surface area is 123 Å². The molecule has 2 aromatic rings. The molecule has 2 rings (SSSR count). The highest BCUT2D eigenvalue weighted by molar-refractivity contribution is 9.10. The first kappa shape index (κ1) is 14.0. The van der Waals surface area contributed by atoms with Crippen LogP contribution in [0, 0.1) is 12.7 Å².